The summed E-state index contributed by atoms with van der Waals surface area (Å²) in [4.78, 5) is 8.18. The molecule has 0 aliphatic heterocycles. The number of nitriles is 1. The van der Waals surface area contributed by atoms with Crippen LogP contribution in [-0.2, 0) is 0 Å². The van der Waals surface area contributed by atoms with Crippen LogP contribution in [0.25, 0.3) is 11.0 Å². The number of fused-ring (bicyclic) bond motifs is 1. The molecule has 0 saturated heterocycles. The molecule has 1 fully saturated rings. The highest BCUT2D eigenvalue weighted by Gasteiger charge is 2.35. The summed E-state index contributed by atoms with van der Waals surface area (Å²) >= 11 is 0. The molecule has 1 aliphatic rings. The Morgan fingerprint density at radius 3 is 2.95 bits per heavy atom. The molecule has 3 heteroatoms. The van der Waals surface area contributed by atoms with Crippen LogP contribution in [0, 0.1) is 16.7 Å². The highest BCUT2D eigenvalue weighted by Crippen LogP contribution is 2.46. The second-order valence-electron chi connectivity index (χ2n) is 6.25. The Kier molecular flexibility index (Phi) is 2.82. The fourth-order valence-corrected chi connectivity index (χ4v) is 3.26. The monoisotopic (exact) mass is 253 g/mol. The Bertz CT molecular complexity index is 646. The van der Waals surface area contributed by atoms with Gasteiger partial charge in [-0.1, -0.05) is 26.7 Å². The van der Waals surface area contributed by atoms with E-state index in [-0.39, 0.29) is 0 Å². The van der Waals surface area contributed by atoms with Crippen molar-refractivity contribution >= 4 is 11.0 Å². The van der Waals surface area contributed by atoms with Crippen molar-refractivity contribution in [3.05, 3.63) is 29.6 Å². The standard InChI is InChI=1S/C16H19N3/c1-16(2)8-4-3-5-12(16)15-18-13-7-6-11(10-17)9-14(13)19-15/h6-7,9,12H,3-5,8H2,1-2H3,(H,18,19). The van der Waals surface area contributed by atoms with Gasteiger partial charge in [0.25, 0.3) is 0 Å². The number of benzene rings is 1. The molecule has 1 aliphatic carbocycles. The zero-order valence-electron chi connectivity index (χ0n) is 11.5. The molecule has 1 aromatic carbocycles. The van der Waals surface area contributed by atoms with Gasteiger partial charge in [0.15, 0.2) is 0 Å². The van der Waals surface area contributed by atoms with Gasteiger partial charge in [0.2, 0.25) is 0 Å². The van der Waals surface area contributed by atoms with Crippen molar-refractivity contribution in [2.75, 3.05) is 0 Å². The summed E-state index contributed by atoms with van der Waals surface area (Å²) in [6, 6.07) is 7.83. The van der Waals surface area contributed by atoms with Gasteiger partial charge in [0.1, 0.15) is 5.82 Å². The van der Waals surface area contributed by atoms with Crippen LogP contribution in [0.4, 0.5) is 0 Å². The molecule has 19 heavy (non-hydrogen) atoms. The smallest absolute Gasteiger partial charge is 0.110 e. The van der Waals surface area contributed by atoms with Gasteiger partial charge in [0.05, 0.1) is 22.7 Å². The first-order chi connectivity index (χ1) is 9.10. The second-order valence-corrected chi connectivity index (χ2v) is 6.25. The van der Waals surface area contributed by atoms with E-state index in [1.807, 2.05) is 18.2 Å². The minimum atomic E-state index is 0.310. The predicted molar refractivity (Wildman–Crippen MR) is 75.8 cm³/mol. The summed E-state index contributed by atoms with van der Waals surface area (Å²) in [5, 5.41) is 8.95. The number of aromatic nitrogens is 2. The zero-order valence-corrected chi connectivity index (χ0v) is 11.5. The lowest BCUT2D eigenvalue weighted by molar-refractivity contribution is 0.193. The summed E-state index contributed by atoms with van der Waals surface area (Å²) in [7, 11) is 0. The maximum atomic E-state index is 8.95. The normalized spacial score (nSPS) is 22.3. The number of rotatable bonds is 1. The van der Waals surface area contributed by atoms with Crippen LogP contribution < -0.4 is 0 Å². The molecule has 1 atom stereocenters. The first-order valence-electron chi connectivity index (χ1n) is 7.00. The van der Waals surface area contributed by atoms with Crippen LogP contribution in [0.1, 0.15) is 56.8 Å². The molecule has 1 aromatic heterocycles. The van der Waals surface area contributed by atoms with Gasteiger partial charge in [0, 0.05) is 5.92 Å². The molecule has 3 nitrogen and oxygen atoms in total. The van der Waals surface area contributed by atoms with E-state index < -0.39 is 0 Å². The third-order valence-corrected chi connectivity index (χ3v) is 4.47. The van der Waals surface area contributed by atoms with Gasteiger partial charge >= 0.3 is 0 Å². The lowest BCUT2D eigenvalue weighted by Gasteiger charge is -2.37. The Morgan fingerprint density at radius 2 is 2.21 bits per heavy atom. The molecule has 0 bridgehead atoms. The molecule has 98 valence electrons. The van der Waals surface area contributed by atoms with Crippen LogP contribution in [0.3, 0.4) is 0 Å². The largest absolute Gasteiger partial charge is 0.342 e. The van der Waals surface area contributed by atoms with E-state index in [9.17, 15) is 0 Å². The van der Waals surface area contributed by atoms with Crippen molar-refractivity contribution in [2.24, 2.45) is 5.41 Å². The van der Waals surface area contributed by atoms with Crippen LogP contribution in [0.5, 0.6) is 0 Å². The molecule has 1 N–H and O–H groups in total. The molecule has 1 unspecified atom stereocenters. The average molecular weight is 253 g/mol. The van der Waals surface area contributed by atoms with Gasteiger partial charge in [-0.25, -0.2) is 4.98 Å². The molecule has 3 rings (SSSR count). The molecule has 1 saturated carbocycles. The quantitative estimate of drug-likeness (QED) is 0.831. The van der Waals surface area contributed by atoms with Crippen LogP contribution in [0.2, 0.25) is 0 Å². The number of imidazole rings is 1. The van der Waals surface area contributed by atoms with Gasteiger partial charge in [-0.3, -0.25) is 0 Å². The van der Waals surface area contributed by atoms with Crippen molar-refractivity contribution in [2.45, 2.75) is 45.4 Å². The highest BCUT2D eigenvalue weighted by atomic mass is 14.9. The summed E-state index contributed by atoms with van der Waals surface area (Å²) < 4.78 is 0. The molecule has 0 spiro atoms. The maximum absolute atomic E-state index is 8.95. The minimum Gasteiger partial charge on any atom is -0.342 e. The third-order valence-electron chi connectivity index (χ3n) is 4.47. The van der Waals surface area contributed by atoms with E-state index in [1.54, 1.807) is 0 Å². The molecule has 0 amide bonds. The Morgan fingerprint density at radius 1 is 1.37 bits per heavy atom. The van der Waals surface area contributed by atoms with Crippen LogP contribution in [-0.4, -0.2) is 9.97 Å². The van der Waals surface area contributed by atoms with Crippen molar-refractivity contribution in [3.8, 4) is 6.07 Å². The maximum Gasteiger partial charge on any atom is 0.110 e. The summed E-state index contributed by atoms with van der Waals surface area (Å²) in [6.07, 6.45) is 5.08. The number of aromatic amines is 1. The van der Waals surface area contributed by atoms with E-state index in [4.69, 9.17) is 10.2 Å². The number of nitrogens with zero attached hydrogens (tertiary/aromatic N) is 2. The first kappa shape index (κ1) is 12.2. The molecular formula is C16H19N3. The van der Waals surface area contributed by atoms with Crippen molar-refractivity contribution in [3.63, 3.8) is 0 Å². The van der Waals surface area contributed by atoms with Gasteiger partial charge < -0.3 is 4.98 Å². The fourth-order valence-electron chi connectivity index (χ4n) is 3.26. The number of hydrogen-bond donors (Lipinski definition) is 1. The Balaban J connectivity index is 2.03. The number of nitrogens with one attached hydrogen (secondary N) is 1. The highest BCUT2D eigenvalue weighted by molar-refractivity contribution is 5.76. The molecule has 1 heterocycles. The van der Waals surface area contributed by atoms with Crippen LogP contribution in [0.15, 0.2) is 18.2 Å². The second kappa shape index (κ2) is 4.38. The van der Waals surface area contributed by atoms with E-state index in [1.165, 1.54) is 25.7 Å². The average Bonchev–Trinajstić information content (AvgIpc) is 2.80. The molecule has 2 aromatic rings. The van der Waals surface area contributed by atoms with E-state index in [0.717, 1.165) is 16.9 Å². The van der Waals surface area contributed by atoms with Crippen LogP contribution >= 0.6 is 0 Å². The predicted octanol–water partition coefficient (Wildman–Crippen LogP) is 4.12. The Labute approximate surface area is 113 Å². The molecule has 0 radical (unpaired) electrons. The summed E-state index contributed by atoms with van der Waals surface area (Å²) in [6.45, 7) is 4.68. The first-order valence-corrected chi connectivity index (χ1v) is 7.00. The Hall–Kier alpha value is -1.82. The lowest BCUT2D eigenvalue weighted by atomic mass is 9.68. The fraction of sp³-hybridized carbons (Fsp3) is 0.500. The summed E-state index contributed by atoms with van der Waals surface area (Å²) in [5.74, 6) is 1.59. The van der Waals surface area contributed by atoms with Crippen molar-refractivity contribution < 1.29 is 0 Å². The van der Waals surface area contributed by atoms with E-state index in [0.29, 0.717) is 16.9 Å². The lowest BCUT2D eigenvalue weighted by Crippen LogP contribution is -2.26. The van der Waals surface area contributed by atoms with Gasteiger partial charge in [-0.15, -0.1) is 0 Å². The van der Waals surface area contributed by atoms with Crippen molar-refractivity contribution in [1.82, 2.24) is 9.97 Å². The van der Waals surface area contributed by atoms with E-state index >= 15 is 0 Å². The van der Waals surface area contributed by atoms with Crippen molar-refractivity contribution in [1.29, 1.82) is 5.26 Å². The summed E-state index contributed by atoms with van der Waals surface area (Å²) in [5.41, 5.74) is 2.95. The van der Waals surface area contributed by atoms with Gasteiger partial charge in [-0.05, 0) is 36.5 Å². The zero-order chi connectivity index (χ0) is 13.5. The minimum absolute atomic E-state index is 0.310. The van der Waals surface area contributed by atoms with Gasteiger partial charge in [-0.2, -0.15) is 5.26 Å². The SMILES string of the molecule is CC1(C)CCCCC1c1nc2ccc(C#N)cc2[nH]1. The van der Waals surface area contributed by atoms with E-state index in [2.05, 4.69) is 24.9 Å². The number of H-pyrrole nitrogens is 1. The topological polar surface area (TPSA) is 52.5 Å². The number of hydrogen-bond acceptors (Lipinski definition) is 2. The third kappa shape index (κ3) is 2.12. The molecular weight excluding hydrogens is 234 g/mol.